The summed E-state index contributed by atoms with van der Waals surface area (Å²) < 4.78 is 5.18. The van der Waals surface area contributed by atoms with Crippen molar-refractivity contribution in [2.45, 2.75) is 19.9 Å². The third kappa shape index (κ3) is 4.35. The zero-order valence-corrected chi connectivity index (χ0v) is 8.86. The van der Waals surface area contributed by atoms with Crippen LogP contribution >= 0.6 is 0 Å². The first-order valence-corrected chi connectivity index (χ1v) is 4.79. The molecule has 0 aliphatic carbocycles. The molecule has 1 aromatic carbocycles. The first-order chi connectivity index (χ1) is 7.08. The molecule has 0 bridgehead atoms. The van der Waals surface area contributed by atoms with Gasteiger partial charge < -0.3 is 15.2 Å². The monoisotopic (exact) mass is 209 g/mol. The van der Waals surface area contributed by atoms with E-state index in [4.69, 9.17) is 9.84 Å². The van der Waals surface area contributed by atoms with Crippen molar-refractivity contribution in [2.75, 3.05) is 6.61 Å². The van der Waals surface area contributed by atoms with Crippen LogP contribution in [0, 0.1) is 0 Å². The molecule has 0 aliphatic heterocycles. The molecule has 2 N–H and O–H groups in total. The van der Waals surface area contributed by atoms with Crippen LogP contribution in [0.15, 0.2) is 24.3 Å². The van der Waals surface area contributed by atoms with E-state index in [9.17, 15) is 4.79 Å². The van der Waals surface area contributed by atoms with Crippen LogP contribution in [0.3, 0.4) is 0 Å². The number of nitrogens with one attached hydrogen (secondary N) is 1. The summed E-state index contributed by atoms with van der Waals surface area (Å²) in [5.41, 5.74) is 0. The molecule has 0 saturated heterocycles. The lowest BCUT2D eigenvalue weighted by molar-refractivity contribution is -0.123. The lowest BCUT2D eigenvalue weighted by atomic mass is 10.3. The van der Waals surface area contributed by atoms with Crippen molar-refractivity contribution < 1.29 is 14.6 Å². The molecule has 0 aromatic heterocycles. The summed E-state index contributed by atoms with van der Waals surface area (Å²) in [4.78, 5) is 11.2. The molecule has 0 saturated carbocycles. The summed E-state index contributed by atoms with van der Waals surface area (Å²) in [5.74, 6) is 0.430. The molecule has 15 heavy (non-hydrogen) atoms. The highest BCUT2D eigenvalue weighted by Crippen LogP contribution is 2.17. The number of carbonyl (C=O) groups is 1. The van der Waals surface area contributed by atoms with Crippen LogP contribution in [0.25, 0.3) is 0 Å². The summed E-state index contributed by atoms with van der Waals surface area (Å²) in [5, 5.41) is 11.8. The lowest BCUT2D eigenvalue weighted by Gasteiger charge is -2.09. The zero-order chi connectivity index (χ0) is 11.3. The minimum absolute atomic E-state index is 0.0400. The molecule has 1 amide bonds. The van der Waals surface area contributed by atoms with E-state index in [2.05, 4.69) is 5.32 Å². The Hall–Kier alpha value is -1.71. The molecular formula is C11H15NO3. The first-order valence-electron chi connectivity index (χ1n) is 4.79. The Labute approximate surface area is 88.9 Å². The molecule has 0 atom stereocenters. The van der Waals surface area contributed by atoms with E-state index >= 15 is 0 Å². The van der Waals surface area contributed by atoms with E-state index in [0.29, 0.717) is 5.75 Å². The van der Waals surface area contributed by atoms with Crippen molar-refractivity contribution in [1.29, 1.82) is 0 Å². The molecule has 0 aliphatic rings. The van der Waals surface area contributed by atoms with Gasteiger partial charge in [0.1, 0.15) is 11.5 Å². The second-order valence-electron chi connectivity index (χ2n) is 3.51. The number of hydrogen-bond donors (Lipinski definition) is 2. The minimum atomic E-state index is -0.173. The van der Waals surface area contributed by atoms with Crippen LogP contribution in [0.5, 0.6) is 11.5 Å². The number of phenolic OH excluding ortho intramolecular Hbond substituents is 1. The SMILES string of the molecule is CC(C)NC(=O)COc1cccc(O)c1. The standard InChI is InChI=1S/C11H15NO3/c1-8(2)12-11(14)7-15-10-5-3-4-9(13)6-10/h3-6,8,13H,7H2,1-2H3,(H,12,14). The van der Waals surface area contributed by atoms with Gasteiger partial charge in [-0.15, -0.1) is 0 Å². The number of carbonyl (C=O) groups excluding carboxylic acids is 1. The smallest absolute Gasteiger partial charge is 0.258 e. The molecule has 1 aromatic rings. The van der Waals surface area contributed by atoms with Gasteiger partial charge in [-0.2, -0.15) is 0 Å². The molecule has 0 spiro atoms. The first kappa shape index (κ1) is 11.4. The highest BCUT2D eigenvalue weighted by molar-refractivity contribution is 5.77. The molecular weight excluding hydrogens is 194 g/mol. The number of aromatic hydroxyl groups is 1. The second-order valence-corrected chi connectivity index (χ2v) is 3.51. The fourth-order valence-corrected chi connectivity index (χ4v) is 1.09. The van der Waals surface area contributed by atoms with Gasteiger partial charge in [-0.25, -0.2) is 0 Å². The number of hydrogen-bond acceptors (Lipinski definition) is 3. The van der Waals surface area contributed by atoms with Crippen molar-refractivity contribution in [2.24, 2.45) is 0 Å². The third-order valence-electron chi connectivity index (χ3n) is 1.64. The average molecular weight is 209 g/mol. The Kier molecular flexibility index (Phi) is 3.97. The highest BCUT2D eigenvalue weighted by atomic mass is 16.5. The van der Waals surface area contributed by atoms with Crippen molar-refractivity contribution in [3.8, 4) is 11.5 Å². The number of phenols is 1. The Balaban J connectivity index is 2.40. The number of ether oxygens (including phenoxy) is 1. The van der Waals surface area contributed by atoms with Gasteiger partial charge in [0.25, 0.3) is 5.91 Å². The van der Waals surface area contributed by atoms with Crippen molar-refractivity contribution in [1.82, 2.24) is 5.32 Å². The summed E-state index contributed by atoms with van der Waals surface area (Å²) >= 11 is 0. The van der Waals surface area contributed by atoms with E-state index in [-0.39, 0.29) is 24.3 Å². The summed E-state index contributed by atoms with van der Waals surface area (Å²) in [7, 11) is 0. The van der Waals surface area contributed by atoms with E-state index in [1.54, 1.807) is 18.2 Å². The van der Waals surface area contributed by atoms with Crippen molar-refractivity contribution in [3.05, 3.63) is 24.3 Å². The topological polar surface area (TPSA) is 58.6 Å². The average Bonchev–Trinajstić information content (AvgIpc) is 2.14. The van der Waals surface area contributed by atoms with E-state index in [1.807, 2.05) is 13.8 Å². The second kappa shape index (κ2) is 5.24. The molecule has 4 nitrogen and oxygen atoms in total. The minimum Gasteiger partial charge on any atom is -0.508 e. The Morgan fingerprint density at radius 2 is 2.27 bits per heavy atom. The largest absolute Gasteiger partial charge is 0.508 e. The number of rotatable bonds is 4. The normalized spacial score (nSPS) is 10.1. The van der Waals surface area contributed by atoms with Crippen LogP contribution in [-0.4, -0.2) is 23.7 Å². The van der Waals surface area contributed by atoms with Crippen LogP contribution in [0.1, 0.15) is 13.8 Å². The van der Waals surface area contributed by atoms with E-state index < -0.39 is 0 Å². The van der Waals surface area contributed by atoms with Crippen molar-refractivity contribution in [3.63, 3.8) is 0 Å². The third-order valence-corrected chi connectivity index (χ3v) is 1.64. The fourth-order valence-electron chi connectivity index (χ4n) is 1.09. The fraction of sp³-hybridized carbons (Fsp3) is 0.364. The van der Waals surface area contributed by atoms with E-state index in [0.717, 1.165) is 0 Å². The Morgan fingerprint density at radius 1 is 1.53 bits per heavy atom. The van der Waals surface area contributed by atoms with Crippen LogP contribution in [0.2, 0.25) is 0 Å². The van der Waals surface area contributed by atoms with Gasteiger partial charge in [0.2, 0.25) is 0 Å². The van der Waals surface area contributed by atoms with E-state index in [1.165, 1.54) is 6.07 Å². The summed E-state index contributed by atoms with van der Waals surface area (Å²) in [6, 6.07) is 6.45. The zero-order valence-electron chi connectivity index (χ0n) is 8.86. The maximum atomic E-state index is 11.2. The van der Waals surface area contributed by atoms with Gasteiger partial charge in [-0.3, -0.25) is 4.79 Å². The van der Waals surface area contributed by atoms with Crippen LogP contribution < -0.4 is 10.1 Å². The van der Waals surface area contributed by atoms with Gasteiger partial charge in [0, 0.05) is 12.1 Å². The van der Waals surface area contributed by atoms with Crippen molar-refractivity contribution >= 4 is 5.91 Å². The summed E-state index contributed by atoms with van der Waals surface area (Å²) in [6.07, 6.45) is 0. The van der Waals surface area contributed by atoms with Crippen LogP contribution in [-0.2, 0) is 4.79 Å². The quantitative estimate of drug-likeness (QED) is 0.785. The van der Waals surface area contributed by atoms with Gasteiger partial charge in [-0.1, -0.05) is 6.07 Å². The molecule has 0 unspecified atom stereocenters. The summed E-state index contributed by atoms with van der Waals surface area (Å²) in [6.45, 7) is 3.72. The molecule has 0 fully saturated rings. The van der Waals surface area contributed by atoms with Crippen LogP contribution in [0.4, 0.5) is 0 Å². The molecule has 4 heteroatoms. The Bertz CT molecular complexity index is 336. The maximum Gasteiger partial charge on any atom is 0.258 e. The molecule has 1 rings (SSSR count). The van der Waals surface area contributed by atoms with Gasteiger partial charge in [-0.05, 0) is 26.0 Å². The lowest BCUT2D eigenvalue weighted by Crippen LogP contribution is -2.34. The maximum absolute atomic E-state index is 11.2. The van der Waals surface area contributed by atoms with Gasteiger partial charge in [0.15, 0.2) is 6.61 Å². The number of benzene rings is 1. The predicted octanol–water partition coefficient (Wildman–Crippen LogP) is 1.30. The Morgan fingerprint density at radius 3 is 2.87 bits per heavy atom. The molecule has 0 radical (unpaired) electrons. The molecule has 82 valence electrons. The molecule has 0 heterocycles. The highest BCUT2D eigenvalue weighted by Gasteiger charge is 2.04. The van der Waals surface area contributed by atoms with Gasteiger partial charge >= 0.3 is 0 Å². The number of amides is 1. The van der Waals surface area contributed by atoms with Gasteiger partial charge in [0.05, 0.1) is 0 Å². The predicted molar refractivity (Wildman–Crippen MR) is 56.9 cm³/mol.